The number of ether oxygens (including phenoxy) is 1. The van der Waals surface area contributed by atoms with Crippen LogP contribution in [0.2, 0.25) is 0 Å². The van der Waals surface area contributed by atoms with Gasteiger partial charge in [0.25, 0.3) is 0 Å². The molecule has 3 aromatic rings. The van der Waals surface area contributed by atoms with Crippen molar-refractivity contribution in [2.75, 3.05) is 11.9 Å². The van der Waals surface area contributed by atoms with Crippen LogP contribution in [0, 0.1) is 5.92 Å². The number of hydrogen-bond acceptors (Lipinski definition) is 5. The van der Waals surface area contributed by atoms with Gasteiger partial charge in [-0.15, -0.1) is 5.10 Å². The predicted octanol–water partition coefficient (Wildman–Crippen LogP) is 2.86. The monoisotopic (exact) mass is 377 g/mol. The molecule has 0 saturated heterocycles. The smallest absolute Gasteiger partial charge is 0.224 e. The molecule has 2 heterocycles. The highest BCUT2D eigenvalue weighted by Crippen LogP contribution is 2.27. The van der Waals surface area contributed by atoms with Gasteiger partial charge in [-0.05, 0) is 52.1 Å². The van der Waals surface area contributed by atoms with E-state index < -0.39 is 0 Å². The third-order valence-corrected chi connectivity index (χ3v) is 4.82. The fraction of sp³-hybridized carbons (Fsp3) is 0.333. The first-order valence-corrected chi connectivity index (χ1v) is 9.52. The van der Waals surface area contributed by atoms with E-state index in [1.807, 2.05) is 41.1 Å². The highest BCUT2D eigenvalue weighted by molar-refractivity contribution is 5.93. The topological polar surface area (TPSA) is 81.9 Å². The predicted molar refractivity (Wildman–Crippen MR) is 105 cm³/mol. The summed E-state index contributed by atoms with van der Waals surface area (Å²) in [6.07, 6.45) is 2.01. The molecule has 7 heteroatoms. The molecule has 144 valence electrons. The molecule has 0 aliphatic carbocycles. The van der Waals surface area contributed by atoms with Crippen molar-refractivity contribution < 1.29 is 9.53 Å². The Morgan fingerprint density at radius 2 is 2.04 bits per heavy atom. The van der Waals surface area contributed by atoms with Crippen molar-refractivity contribution >= 4 is 11.6 Å². The summed E-state index contributed by atoms with van der Waals surface area (Å²) in [4.78, 5) is 11.5. The first kappa shape index (κ1) is 18.2. The van der Waals surface area contributed by atoms with Gasteiger partial charge in [-0.2, -0.15) is 0 Å². The second-order valence-electron chi connectivity index (χ2n) is 7.23. The Balaban J connectivity index is 1.34. The molecule has 0 spiro atoms. The molecule has 1 amide bonds. The van der Waals surface area contributed by atoms with Crippen LogP contribution in [0.1, 0.15) is 30.3 Å². The summed E-state index contributed by atoms with van der Waals surface area (Å²) in [5.74, 6) is 2.01. The standard InChI is InChI=1S/C21H23N5O2/c1-15(11-20-23-24-25-26(20)13-16-5-3-2-4-6-16)14-28-18-8-9-19-17(12-18)7-10-21(27)22-19/h2-6,8-9,12,15H,7,10-11,13-14H2,1H3,(H,22,27). The lowest BCUT2D eigenvalue weighted by molar-refractivity contribution is -0.116. The molecule has 1 N–H and O–H groups in total. The van der Waals surface area contributed by atoms with Gasteiger partial charge in [-0.25, -0.2) is 4.68 Å². The van der Waals surface area contributed by atoms with Crippen LogP contribution in [0.25, 0.3) is 0 Å². The SMILES string of the molecule is CC(COc1ccc2c(c1)CCC(=O)N2)Cc1nnnn1Cc1ccccc1. The quantitative estimate of drug-likeness (QED) is 0.685. The minimum atomic E-state index is 0.0722. The molecule has 4 rings (SSSR count). The van der Waals surface area contributed by atoms with Gasteiger partial charge in [0.15, 0.2) is 5.82 Å². The number of rotatable bonds is 7. The molecule has 0 fully saturated rings. The molecule has 7 nitrogen and oxygen atoms in total. The van der Waals surface area contributed by atoms with Crippen molar-refractivity contribution in [3.8, 4) is 5.75 Å². The maximum absolute atomic E-state index is 11.5. The fourth-order valence-electron chi connectivity index (χ4n) is 3.31. The van der Waals surface area contributed by atoms with E-state index in [0.717, 1.165) is 35.7 Å². The summed E-state index contributed by atoms with van der Waals surface area (Å²) >= 11 is 0. The number of aryl methyl sites for hydroxylation is 1. The van der Waals surface area contributed by atoms with Crippen molar-refractivity contribution in [3.63, 3.8) is 0 Å². The van der Waals surface area contributed by atoms with Gasteiger partial charge >= 0.3 is 0 Å². The van der Waals surface area contributed by atoms with E-state index in [-0.39, 0.29) is 11.8 Å². The van der Waals surface area contributed by atoms with Gasteiger partial charge in [0, 0.05) is 18.5 Å². The number of anilines is 1. The van der Waals surface area contributed by atoms with E-state index in [2.05, 4.69) is 39.9 Å². The number of aromatic nitrogens is 4. The summed E-state index contributed by atoms with van der Waals surface area (Å²) in [5.41, 5.74) is 3.18. The minimum Gasteiger partial charge on any atom is -0.493 e. The maximum atomic E-state index is 11.5. The number of nitrogens with zero attached hydrogens (tertiary/aromatic N) is 4. The largest absolute Gasteiger partial charge is 0.493 e. The number of carbonyl (C=O) groups is 1. The molecule has 1 unspecified atom stereocenters. The summed E-state index contributed by atoms with van der Waals surface area (Å²) in [6, 6.07) is 16.0. The molecule has 0 bridgehead atoms. The second-order valence-corrected chi connectivity index (χ2v) is 7.23. The van der Waals surface area contributed by atoms with Crippen molar-refractivity contribution in [2.45, 2.75) is 32.7 Å². The minimum absolute atomic E-state index is 0.0722. The molecule has 28 heavy (non-hydrogen) atoms. The highest BCUT2D eigenvalue weighted by atomic mass is 16.5. The van der Waals surface area contributed by atoms with E-state index in [0.29, 0.717) is 19.6 Å². The highest BCUT2D eigenvalue weighted by Gasteiger charge is 2.16. The Morgan fingerprint density at radius 3 is 2.89 bits per heavy atom. The molecule has 1 atom stereocenters. The molecule has 1 aromatic heterocycles. The zero-order valence-corrected chi connectivity index (χ0v) is 15.8. The molecule has 0 radical (unpaired) electrons. The average molecular weight is 377 g/mol. The van der Waals surface area contributed by atoms with Gasteiger partial charge in [0.2, 0.25) is 5.91 Å². The van der Waals surface area contributed by atoms with Crippen LogP contribution in [0.5, 0.6) is 5.75 Å². The first-order valence-electron chi connectivity index (χ1n) is 9.52. The van der Waals surface area contributed by atoms with Crippen LogP contribution in [-0.2, 0) is 24.2 Å². The number of tetrazole rings is 1. The zero-order valence-electron chi connectivity index (χ0n) is 15.8. The molecular weight excluding hydrogens is 354 g/mol. The van der Waals surface area contributed by atoms with Crippen LogP contribution in [-0.4, -0.2) is 32.7 Å². The lowest BCUT2D eigenvalue weighted by atomic mass is 10.0. The summed E-state index contributed by atoms with van der Waals surface area (Å²) in [6.45, 7) is 3.36. The Kier molecular flexibility index (Phi) is 5.32. The molecular formula is C21H23N5O2. The number of benzene rings is 2. The van der Waals surface area contributed by atoms with E-state index >= 15 is 0 Å². The summed E-state index contributed by atoms with van der Waals surface area (Å²) in [5, 5.41) is 15.0. The van der Waals surface area contributed by atoms with Gasteiger partial charge < -0.3 is 10.1 Å². The van der Waals surface area contributed by atoms with Crippen molar-refractivity contribution in [1.29, 1.82) is 0 Å². The number of hydrogen-bond donors (Lipinski definition) is 1. The lowest BCUT2D eigenvalue weighted by Crippen LogP contribution is -2.19. The number of amides is 1. The van der Waals surface area contributed by atoms with Gasteiger partial charge in [0.05, 0.1) is 13.2 Å². The van der Waals surface area contributed by atoms with Crippen LogP contribution in [0.4, 0.5) is 5.69 Å². The molecule has 0 saturated carbocycles. The fourth-order valence-corrected chi connectivity index (χ4v) is 3.31. The Labute approximate surface area is 163 Å². The normalized spacial score (nSPS) is 14.2. The van der Waals surface area contributed by atoms with Crippen molar-refractivity contribution in [1.82, 2.24) is 20.2 Å². The van der Waals surface area contributed by atoms with Crippen LogP contribution in [0.15, 0.2) is 48.5 Å². The van der Waals surface area contributed by atoms with Gasteiger partial charge in [-0.3, -0.25) is 4.79 Å². The average Bonchev–Trinajstić information content (AvgIpc) is 3.13. The summed E-state index contributed by atoms with van der Waals surface area (Å²) in [7, 11) is 0. The van der Waals surface area contributed by atoms with E-state index in [1.54, 1.807) is 0 Å². The Morgan fingerprint density at radius 1 is 1.18 bits per heavy atom. The van der Waals surface area contributed by atoms with Crippen LogP contribution >= 0.6 is 0 Å². The summed E-state index contributed by atoms with van der Waals surface area (Å²) < 4.78 is 7.82. The zero-order chi connectivity index (χ0) is 19.3. The third-order valence-electron chi connectivity index (χ3n) is 4.82. The first-order chi connectivity index (χ1) is 13.7. The Hall–Kier alpha value is -3.22. The van der Waals surface area contributed by atoms with Crippen molar-refractivity contribution in [3.05, 3.63) is 65.5 Å². The van der Waals surface area contributed by atoms with E-state index in [9.17, 15) is 4.79 Å². The maximum Gasteiger partial charge on any atom is 0.224 e. The van der Waals surface area contributed by atoms with Crippen LogP contribution < -0.4 is 10.1 Å². The van der Waals surface area contributed by atoms with Crippen LogP contribution in [0.3, 0.4) is 0 Å². The molecule has 1 aliphatic heterocycles. The number of fused-ring (bicyclic) bond motifs is 1. The van der Waals surface area contributed by atoms with E-state index in [1.165, 1.54) is 5.56 Å². The Bertz CT molecular complexity index is 954. The number of nitrogens with one attached hydrogen (secondary N) is 1. The number of carbonyl (C=O) groups excluding carboxylic acids is 1. The van der Waals surface area contributed by atoms with E-state index in [4.69, 9.17) is 4.74 Å². The lowest BCUT2D eigenvalue weighted by Gasteiger charge is -2.18. The molecule has 1 aliphatic rings. The second kappa shape index (κ2) is 8.21. The van der Waals surface area contributed by atoms with Gasteiger partial charge in [-0.1, -0.05) is 37.3 Å². The third kappa shape index (κ3) is 4.36. The van der Waals surface area contributed by atoms with Gasteiger partial charge in [0.1, 0.15) is 5.75 Å². The van der Waals surface area contributed by atoms with Crippen molar-refractivity contribution in [2.24, 2.45) is 5.92 Å². The molecule has 2 aromatic carbocycles.